The maximum atomic E-state index is 14.7. The molecule has 3 heterocycles. The molecule has 0 aliphatic carbocycles. The number of carbonyl (C=O) groups is 1. The van der Waals surface area contributed by atoms with Crippen molar-refractivity contribution in [3.63, 3.8) is 0 Å². The number of piperidine rings is 1. The molecule has 1 aliphatic heterocycles. The van der Waals surface area contributed by atoms with E-state index in [0.29, 0.717) is 21.0 Å². The van der Waals surface area contributed by atoms with E-state index in [1.807, 2.05) is 17.0 Å². The van der Waals surface area contributed by atoms with Gasteiger partial charge in [-0.15, -0.1) is 11.3 Å². The number of alkyl halides is 1. The minimum atomic E-state index is -0.549. The Hall–Kier alpha value is -2.02. The van der Waals surface area contributed by atoms with Crippen LogP contribution in [0.4, 0.5) is 15.8 Å². The number of aliphatic hydroxyl groups excluding tert-OH is 1. The van der Waals surface area contributed by atoms with Gasteiger partial charge in [0.2, 0.25) is 0 Å². The minimum Gasteiger partial charge on any atom is -0.136 e. The third kappa shape index (κ3) is 4.92. The summed E-state index contributed by atoms with van der Waals surface area (Å²) in [6.07, 6.45) is 2.93. The van der Waals surface area contributed by atoms with Crippen molar-refractivity contribution in [1.29, 1.82) is 0 Å². The first-order valence-electron chi connectivity index (χ1n) is 9.96. The van der Waals surface area contributed by atoms with Gasteiger partial charge in [0.15, 0.2) is 0 Å². The molecule has 10 heteroatoms. The Balaban J connectivity index is 1.52. The number of hydrogen-bond acceptors (Lipinski definition) is 6. The molecule has 1 aliphatic rings. The summed E-state index contributed by atoms with van der Waals surface area (Å²) in [5, 5.41) is 12.5. The number of rotatable bonds is 6. The molecular weight excluding hydrogens is 532 g/mol. The summed E-state index contributed by atoms with van der Waals surface area (Å²) in [6.45, 7) is 3.15. The van der Waals surface area contributed by atoms with Gasteiger partial charge in [-0.05, 0) is 19.1 Å². The van der Waals surface area contributed by atoms with Gasteiger partial charge in [0.25, 0.3) is 0 Å². The number of imidazole rings is 1. The summed E-state index contributed by atoms with van der Waals surface area (Å²) in [5.74, 6) is -0.653. The molecule has 0 spiro atoms. The molecule has 7 nitrogen and oxygen atoms in total. The standard InChI is InChI=1S/C21H24FIN5O2S/c1-12(29)17-5-6-18(31-17)16-11-25-20(26-16)21(30)27-15-4-2-3-14(22)19(15)28-9-7-13(23-24)8-10-28/h2-6,11-13,29H,7-10,24H2,1H3,(H,25,26)(H,27,30)/q-1. The number of benzene rings is 1. The Morgan fingerprint density at radius 2 is 2.16 bits per heavy atom. The Morgan fingerprint density at radius 1 is 1.39 bits per heavy atom. The molecule has 0 saturated carbocycles. The topological polar surface area (TPSA) is 107 Å². The molecule has 5 N–H and O–H groups in total. The number of nitrogens with one attached hydrogen (secondary N) is 2. The summed E-state index contributed by atoms with van der Waals surface area (Å²) in [6, 6.07) is 8.42. The zero-order chi connectivity index (χ0) is 22.0. The molecule has 1 aromatic carbocycles. The average molecular weight is 556 g/mol. The number of aromatic nitrogens is 2. The fourth-order valence-electron chi connectivity index (χ4n) is 3.60. The van der Waals surface area contributed by atoms with Crippen LogP contribution in [0.1, 0.15) is 41.4 Å². The van der Waals surface area contributed by atoms with Crippen LogP contribution in [0.25, 0.3) is 10.6 Å². The second-order valence-electron chi connectivity index (χ2n) is 7.40. The van der Waals surface area contributed by atoms with E-state index >= 15 is 0 Å². The molecule has 31 heavy (non-hydrogen) atoms. The first-order chi connectivity index (χ1) is 15.0. The second-order valence-corrected chi connectivity index (χ2v) is 11.0. The van der Waals surface area contributed by atoms with E-state index in [1.54, 1.807) is 25.3 Å². The van der Waals surface area contributed by atoms with E-state index in [9.17, 15) is 14.3 Å². The number of hydrogen-bond donors (Lipinski definition) is 4. The SMILES string of the molecule is CC(O)c1ccc(-c2cnc(C(=O)Nc3cccc(F)c3N3CCC([I-]N)CC3)[nH]2)s1. The van der Waals surface area contributed by atoms with Crippen molar-refractivity contribution in [1.82, 2.24) is 9.97 Å². The Morgan fingerprint density at radius 3 is 2.84 bits per heavy atom. The van der Waals surface area contributed by atoms with E-state index in [1.165, 1.54) is 17.4 Å². The molecular formula is C21H24FIN5O2S-. The number of halogens is 2. The van der Waals surface area contributed by atoms with E-state index in [0.717, 1.165) is 35.7 Å². The smallest absolute Gasteiger partial charge is 0.136 e. The largest absolute Gasteiger partial charge is 0.136 e. The maximum absolute atomic E-state index is 14.7. The van der Waals surface area contributed by atoms with Gasteiger partial charge in [0, 0.05) is 4.88 Å². The van der Waals surface area contributed by atoms with Gasteiger partial charge >= 0.3 is 149 Å². The van der Waals surface area contributed by atoms with Crippen molar-refractivity contribution >= 4 is 28.6 Å². The molecule has 1 unspecified atom stereocenters. The van der Waals surface area contributed by atoms with E-state index in [-0.39, 0.29) is 33.1 Å². The molecule has 166 valence electrons. The van der Waals surface area contributed by atoms with Crippen molar-refractivity contribution in [2.75, 3.05) is 23.3 Å². The first kappa shape index (κ1) is 22.2. The average Bonchev–Trinajstić information content (AvgIpc) is 3.44. The monoisotopic (exact) mass is 556 g/mol. The van der Waals surface area contributed by atoms with Crippen molar-refractivity contribution in [2.24, 2.45) is 3.95 Å². The molecule has 1 atom stereocenters. The van der Waals surface area contributed by atoms with Gasteiger partial charge in [-0.1, -0.05) is 0 Å². The third-order valence-corrected chi connectivity index (χ3v) is 8.80. The van der Waals surface area contributed by atoms with Crippen molar-refractivity contribution in [2.45, 2.75) is 29.8 Å². The summed E-state index contributed by atoms with van der Waals surface area (Å²) < 4.78 is 21.1. The summed E-state index contributed by atoms with van der Waals surface area (Å²) in [4.78, 5) is 23.7. The van der Waals surface area contributed by atoms with Gasteiger partial charge in [-0.25, -0.2) is 0 Å². The molecule has 1 fully saturated rings. The zero-order valence-corrected chi connectivity index (χ0v) is 19.9. The number of anilines is 2. The van der Waals surface area contributed by atoms with Crippen molar-refractivity contribution in [3.05, 3.63) is 53.0 Å². The minimum absolute atomic E-state index is 0.142. The molecule has 4 rings (SSSR count). The summed E-state index contributed by atoms with van der Waals surface area (Å²) >= 11 is 1.13. The van der Waals surface area contributed by atoms with Crippen LogP contribution >= 0.6 is 11.3 Å². The first-order valence-corrected chi connectivity index (χ1v) is 13.3. The number of H-pyrrole nitrogens is 1. The van der Waals surface area contributed by atoms with Crippen LogP contribution in [-0.2, 0) is 0 Å². The van der Waals surface area contributed by atoms with Crippen LogP contribution in [0, 0.1) is 5.82 Å². The number of nitrogens with zero attached hydrogens (tertiary/aromatic N) is 2. The normalized spacial score (nSPS) is 15.9. The fourth-order valence-corrected chi connectivity index (χ4v) is 5.79. The molecule has 0 radical (unpaired) electrons. The number of carbonyl (C=O) groups excluding carboxylic acids is 1. The molecule has 3 aromatic rings. The van der Waals surface area contributed by atoms with Gasteiger partial charge in [-0.3, -0.25) is 0 Å². The van der Waals surface area contributed by atoms with Crippen LogP contribution in [-0.4, -0.2) is 38.0 Å². The second kappa shape index (κ2) is 9.63. The Bertz CT molecular complexity index is 1060. The maximum Gasteiger partial charge on any atom is -0.136 e. The van der Waals surface area contributed by atoms with E-state index in [2.05, 4.69) is 15.3 Å². The van der Waals surface area contributed by atoms with Gasteiger partial charge in [0.05, 0.1) is 6.10 Å². The van der Waals surface area contributed by atoms with Crippen LogP contribution < -0.4 is 35.6 Å². The summed E-state index contributed by atoms with van der Waals surface area (Å²) in [7, 11) is 0. The van der Waals surface area contributed by atoms with Crippen molar-refractivity contribution < 1.29 is 35.8 Å². The quantitative estimate of drug-likeness (QED) is 0.201. The summed E-state index contributed by atoms with van der Waals surface area (Å²) in [5.41, 5.74) is 1.53. The number of aromatic amines is 1. The number of nitrogens with two attached hydrogens (primary N) is 1. The number of amides is 1. The molecule has 1 saturated heterocycles. The van der Waals surface area contributed by atoms with Crippen molar-refractivity contribution in [3.8, 4) is 10.6 Å². The van der Waals surface area contributed by atoms with Crippen LogP contribution in [0.3, 0.4) is 0 Å². The Kier molecular flexibility index (Phi) is 6.89. The van der Waals surface area contributed by atoms with Crippen LogP contribution in [0.5, 0.6) is 0 Å². The number of aliphatic hydroxyl groups is 1. The predicted octanol–water partition coefficient (Wildman–Crippen LogP) is 0.514. The predicted molar refractivity (Wildman–Crippen MR) is 116 cm³/mol. The van der Waals surface area contributed by atoms with E-state index < -0.39 is 12.0 Å². The van der Waals surface area contributed by atoms with Gasteiger partial charge in [0.1, 0.15) is 0 Å². The molecule has 1 amide bonds. The van der Waals surface area contributed by atoms with Gasteiger partial charge < -0.3 is 5.11 Å². The molecule has 2 aromatic heterocycles. The van der Waals surface area contributed by atoms with E-state index in [4.69, 9.17) is 3.95 Å². The van der Waals surface area contributed by atoms with Crippen LogP contribution in [0.2, 0.25) is 0 Å². The Labute approximate surface area is 194 Å². The molecule has 0 bridgehead atoms. The zero-order valence-electron chi connectivity index (χ0n) is 16.9. The number of thiophene rings is 1. The van der Waals surface area contributed by atoms with Crippen LogP contribution in [0.15, 0.2) is 36.5 Å². The van der Waals surface area contributed by atoms with Gasteiger partial charge in [-0.2, -0.15) is 0 Å². The fraction of sp³-hybridized carbons (Fsp3) is 0.333. The number of para-hydroxylation sites is 1. The third-order valence-electron chi connectivity index (χ3n) is 5.25.